The molecule has 0 aliphatic rings. The van der Waals surface area contributed by atoms with Gasteiger partial charge in [0.2, 0.25) is 0 Å². The van der Waals surface area contributed by atoms with Crippen LogP contribution in [-0.4, -0.2) is 15.0 Å². The quantitative estimate of drug-likeness (QED) is 0.167. The average Bonchev–Trinajstić information content (AvgIpc) is 2.99. The van der Waals surface area contributed by atoms with E-state index in [-0.39, 0.29) is 20.1 Å². The van der Waals surface area contributed by atoms with Crippen molar-refractivity contribution >= 4 is 31.9 Å². The van der Waals surface area contributed by atoms with Crippen LogP contribution in [0.3, 0.4) is 0 Å². The minimum absolute atomic E-state index is 0. The Morgan fingerprint density at radius 2 is 1.05 bits per heavy atom. The van der Waals surface area contributed by atoms with Crippen LogP contribution in [0.5, 0.6) is 0 Å². The van der Waals surface area contributed by atoms with Gasteiger partial charge in [-0.05, 0) is 42.2 Å². The van der Waals surface area contributed by atoms with Crippen LogP contribution in [0.4, 0.5) is 0 Å². The number of pyridine rings is 3. The van der Waals surface area contributed by atoms with Gasteiger partial charge in [-0.25, -0.2) is 0 Å². The third kappa shape index (κ3) is 10.0. The van der Waals surface area contributed by atoms with Crippen LogP contribution in [-0.2, 0) is 20.1 Å². The van der Waals surface area contributed by atoms with E-state index < -0.39 is 0 Å². The monoisotopic (exact) mass is 825 g/mol. The van der Waals surface area contributed by atoms with E-state index in [9.17, 15) is 0 Å². The average molecular weight is 827 g/mol. The van der Waals surface area contributed by atoms with Crippen molar-refractivity contribution in [2.45, 2.75) is 6.92 Å². The number of aryl methyl sites for hydroxylation is 1. The van der Waals surface area contributed by atoms with Gasteiger partial charge in [0.25, 0.3) is 0 Å². The summed E-state index contributed by atoms with van der Waals surface area (Å²) in [4.78, 5) is 12.9. The summed E-state index contributed by atoms with van der Waals surface area (Å²) in [6.07, 6.45) is 3.56. The predicted octanol–water partition coefficient (Wildman–Crippen LogP) is 9.48. The van der Waals surface area contributed by atoms with Crippen molar-refractivity contribution in [1.82, 2.24) is 15.0 Å². The van der Waals surface area contributed by atoms with E-state index in [2.05, 4.69) is 65.0 Å². The van der Waals surface area contributed by atoms with Crippen LogP contribution >= 0.6 is 31.9 Å². The molecule has 0 aliphatic heterocycles. The van der Waals surface area contributed by atoms with E-state index in [1.807, 2.05) is 122 Å². The topological polar surface area (TPSA) is 38.7 Å². The SMILES string of the molecule is Brc1cc[c-]c(-c2ccccn2)c1.Brc1cc[c-]c(-c2ccccn2)c1.Cc1cccc(-c2[c-]cccc2)n1.[Ir+3]. The molecular weight excluding hydrogens is 802 g/mol. The number of nitrogens with zero attached hydrogens (tertiary/aromatic N) is 3. The number of hydrogen-bond acceptors (Lipinski definition) is 3. The first-order valence-corrected chi connectivity index (χ1v) is 13.7. The van der Waals surface area contributed by atoms with Crippen molar-refractivity contribution < 1.29 is 20.1 Å². The largest absolute Gasteiger partial charge is 3.00 e. The number of aromatic nitrogens is 3. The van der Waals surface area contributed by atoms with Crippen molar-refractivity contribution in [3.8, 4) is 33.8 Å². The van der Waals surface area contributed by atoms with Crippen LogP contribution in [0.2, 0.25) is 0 Å². The van der Waals surface area contributed by atoms with Crippen molar-refractivity contribution in [2.24, 2.45) is 0 Å². The van der Waals surface area contributed by atoms with Crippen LogP contribution in [0.1, 0.15) is 5.69 Å². The third-order valence-electron chi connectivity index (χ3n) is 5.28. The molecule has 6 heteroatoms. The fourth-order valence-electron chi connectivity index (χ4n) is 3.46. The van der Waals surface area contributed by atoms with Gasteiger partial charge in [-0.2, -0.15) is 0 Å². The Hall–Kier alpha value is -3.28. The van der Waals surface area contributed by atoms with Crippen molar-refractivity contribution in [2.75, 3.05) is 0 Å². The van der Waals surface area contributed by atoms with Gasteiger partial charge < -0.3 is 15.0 Å². The molecule has 0 aliphatic carbocycles. The van der Waals surface area contributed by atoms with E-state index in [4.69, 9.17) is 0 Å². The fourth-order valence-corrected chi connectivity index (χ4v) is 4.19. The smallest absolute Gasteiger partial charge is 0.305 e. The van der Waals surface area contributed by atoms with E-state index in [1.54, 1.807) is 12.4 Å². The Kier molecular flexibility index (Phi) is 13.1. The standard InChI is InChI=1S/C12H10N.2C11H7BrN.Ir/c1-10-6-5-9-12(13-10)11-7-3-2-4-8-11;2*12-10-5-3-4-9(8-10)11-6-1-2-7-13-11;/h2-7,9H,1H3;2*1-3,5-8H;/q3*-1;+3. The molecule has 3 nitrogen and oxygen atoms in total. The van der Waals surface area contributed by atoms with Crippen LogP contribution in [0.25, 0.3) is 33.8 Å². The molecule has 0 saturated heterocycles. The maximum absolute atomic E-state index is 4.41. The van der Waals surface area contributed by atoms with Gasteiger partial charge in [0.15, 0.2) is 0 Å². The van der Waals surface area contributed by atoms with Crippen molar-refractivity contribution in [3.63, 3.8) is 0 Å². The molecule has 0 fully saturated rings. The summed E-state index contributed by atoms with van der Waals surface area (Å²) in [5.41, 5.74) is 6.99. The number of benzene rings is 3. The Morgan fingerprint density at radius 1 is 0.525 bits per heavy atom. The van der Waals surface area contributed by atoms with Gasteiger partial charge in [0.05, 0.1) is 0 Å². The van der Waals surface area contributed by atoms with E-state index in [1.165, 1.54) is 0 Å². The maximum atomic E-state index is 4.41. The molecule has 6 rings (SSSR count). The summed E-state index contributed by atoms with van der Waals surface area (Å²) in [5, 5.41) is 0. The molecule has 0 bridgehead atoms. The van der Waals surface area contributed by atoms with Crippen molar-refractivity contribution in [1.29, 1.82) is 0 Å². The molecule has 3 aromatic carbocycles. The van der Waals surface area contributed by atoms with Crippen LogP contribution in [0.15, 0.2) is 137 Å². The molecule has 6 aromatic rings. The molecule has 0 unspecified atom stereocenters. The van der Waals surface area contributed by atoms with Gasteiger partial charge >= 0.3 is 20.1 Å². The second-order valence-electron chi connectivity index (χ2n) is 8.21. The van der Waals surface area contributed by atoms with Crippen LogP contribution in [0, 0.1) is 25.1 Å². The molecule has 198 valence electrons. The normalized spacial score (nSPS) is 9.68. The summed E-state index contributed by atoms with van der Waals surface area (Å²) in [5.74, 6) is 0. The zero-order chi connectivity index (χ0) is 27.3. The zero-order valence-electron chi connectivity index (χ0n) is 21.6. The minimum atomic E-state index is 0. The molecule has 0 radical (unpaired) electrons. The summed E-state index contributed by atoms with van der Waals surface area (Å²) >= 11 is 6.82. The third-order valence-corrected chi connectivity index (χ3v) is 6.27. The van der Waals surface area contributed by atoms with Gasteiger partial charge in [-0.3, -0.25) is 0 Å². The first-order valence-electron chi connectivity index (χ1n) is 12.2. The second kappa shape index (κ2) is 16.7. The van der Waals surface area contributed by atoms with E-state index >= 15 is 0 Å². The Morgan fingerprint density at radius 3 is 1.50 bits per heavy atom. The molecule has 0 N–H and O–H groups in total. The molecule has 0 amide bonds. The molecule has 40 heavy (non-hydrogen) atoms. The van der Waals surface area contributed by atoms with Gasteiger partial charge in [0.1, 0.15) is 0 Å². The molecule has 3 aromatic heterocycles. The first kappa shape index (κ1) is 31.2. The maximum Gasteiger partial charge on any atom is 3.00 e. The molecule has 0 spiro atoms. The van der Waals surface area contributed by atoms with Gasteiger partial charge in [-0.1, -0.05) is 77.2 Å². The molecule has 0 saturated carbocycles. The molecule has 0 atom stereocenters. The van der Waals surface area contributed by atoms with E-state index in [0.717, 1.165) is 48.4 Å². The predicted molar refractivity (Wildman–Crippen MR) is 166 cm³/mol. The number of rotatable bonds is 3. The first-order chi connectivity index (χ1) is 19.1. The molecule has 3 heterocycles. The van der Waals surface area contributed by atoms with Gasteiger partial charge in [-0.15, -0.1) is 95.6 Å². The molecular formula is C34H24Br2IrN3. The zero-order valence-corrected chi connectivity index (χ0v) is 27.1. The Bertz CT molecular complexity index is 1390. The van der Waals surface area contributed by atoms with Crippen LogP contribution < -0.4 is 0 Å². The fraction of sp³-hybridized carbons (Fsp3) is 0.0294. The Labute approximate surface area is 266 Å². The minimum Gasteiger partial charge on any atom is -0.305 e. The summed E-state index contributed by atoms with van der Waals surface area (Å²) in [6.45, 7) is 1.99. The second-order valence-corrected chi connectivity index (χ2v) is 10.0. The summed E-state index contributed by atoms with van der Waals surface area (Å²) in [7, 11) is 0. The van der Waals surface area contributed by atoms with Crippen molar-refractivity contribution in [3.05, 3.63) is 160 Å². The van der Waals surface area contributed by atoms with Gasteiger partial charge in [0, 0.05) is 18.1 Å². The number of hydrogen-bond donors (Lipinski definition) is 0. The van der Waals surface area contributed by atoms with E-state index in [0.29, 0.717) is 0 Å². The number of halogens is 2. The summed E-state index contributed by atoms with van der Waals surface area (Å²) in [6, 6.07) is 46.7. The Balaban J connectivity index is 0.000000163. The summed E-state index contributed by atoms with van der Waals surface area (Å²) < 4.78 is 2.10.